The lowest BCUT2D eigenvalue weighted by molar-refractivity contribution is 0.0342. The summed E-state index contributed by atoms with van der Waals surface area (Å²) < 4.78 is 18.9. The van der Waals surface area contributed by atoms with Gasteiger partial charge in [-0.05, 0) is 77.9 Å². The van der Waals surface area contributed by atoms with Gasteiger partial charge in [-0.15, -0.1) is 0 Å². The van der Waals surface area contributed by atoms with Crippen molar-refractivity contribution >= 4 is 17.3 Å². The molecule has 3 aliphatic rings. The molecule has 39 heavy (non-hydrogen) atoms. The molecule has 0 bridgehead atoms. The molecule has 3 atom stereocenters. The monoisotopic (exact) mass is 524 g/mol. The number of hydrogen-bond donors (Lipinski definition) is 2. The fourth-order valence-electron chi connectivity index (χ4n) is 5.86. The Morgan fingerprint density at radius 3 is 2.56 bits per heavy atom. The zero-order valence-electron chi connectivity index (χ0n) is 22.1. The van der Waals surface area contributed by atoms with Crippen molar-refractivity contribution in [2.75, 3.05) is 31.6 Å². The predicted molar refractivity (Wildman–Crippen MR) is 151 cm³/mol. The van der Waals surface area contributed by atoms with Crippen molar-refractivity contribution in [3.63, 3.8) is 0 Å². The minimum absolute atomic E-state index is 0.123. The number of halogens is 1. The van der Waals surface area contributed by atoms with Crippen LogP contribution in [-0.2, 0) is 11.3 Å². The molecule has 3 aromatic carbocycles. The lowest BCUT2D eigenvalue weighted by atomic mass is 9.76. The van der Waals surface area contributed by atoms with E-state index >= 15 is 0 Å². The van der Waals surface area contributed by atoms with Crippen LogP contribution in [0.5, 0.6) is 0 Å². The van der Waals surface area contributed by atoms with Crippen LogP contribution in [-0.4, -0.2) is 42.8 Å². The van der Waals surface area contributed by atoms with Crippen LogP contribution in [0.3, 0.4) is 0 Å². The summed E-state index contributed by atoms with van der Waals surface area (Å²) in [5, 5.41) is 8.10. The molecule has 2 heterocycles. The van der Waals surface area contributed by atoms with Gasteiger partial charge in [-0.25, -0.2) is 9.82 Å². The van der Waals surface area contributed by atoms with Crippen molar-refractivity contribution in [1.82, 2.24) is 10.3 Å². The Morgan fingerprint density at radius 2 is 1.79 bits per heavy atom. The summed E-state index contributed by atoms with van der Waals surface area (Å²) in [6.07, 6.45) is 5.49. The van der Waals surface area contributed by atoms with Gasteiger partial charge in [0.05, 0.1) is 25.0 Å². The molecular formula is C32H33FN4O2. The minimum Gasteiger partial charge on any atom is -0.379 e. The summed E-state index contributed by atoms with van der Waals surface area (Å²) in [5.74, 6) is 0.187. The molecule has 0 saturated carbocycles. The number of fused-ring (bicyclic) bond motifs is 3. The average Bonchev–Trinajstić information content (AvgIpc) is 3.47. The number of benzene rings is 3. The van der Waals surface area contributed by atoms with Gasteiger partial charge in [-0.2, -0.15) is 5.10 Å². The normalized spacial score (nSPS) is 22.6. The second-order valence-electron chi connectivity index (χ2n) is 10.6. The van der Waals surface area contributed by atoms with E-state index in [4.69, 9.17) is 4.74 Å². The molecule has 0 radical (unpaired) electrons. The molecule has 0 aromatic heterocycles. The smallest absolute Gasteiger partial charge is 0.271 e. The topological polar surface area (TPSA) is 66.0 Å². The van der Waals surface area contributed by atoms with Crippen LogP contribution in [0.4, 0.5) is 10.1 Å². The van der Waals surface area contributed by atoms with E-state index in [2.05, 4.69) is 45.0 Å². The van der Waals surface area contributed by atoms with E-state index in [1.807, 2.05) is 49.4 Å². The van der Waals surface area contributed by atoms with Crippen LogP contribution in [0.25, 0.3) is 0 Å². The standard InChI is InChI=1S/C32H33FN4O2/c1-21(35-36-32(38)24-7-5-22(6-8-24)20-37-15-17-39-18-16-37)25-11-14-30-29(19-25)27-3-2-4-28(27)31(34-30)23-9-12-26(33)13-10-23/h2-3,5-14,19,27-28,31,34H,4,15-18,20H2,1H3,(H,36,38)/b35-21-/t27-,28+,31+/m1/s1. The van der Waals surface area contributed by atoms with E-state index in [-0.39, 0.29) is 23.7 Å². The van der Waals surface area contributed by atoms with Crippen molar-refractivity contribution in [2.24, 2.45) is 11.0 Å². The van der Waals surface area contributed by atoms with E-state index in [1.54, 1.807) is 0 Å². The summed E-state index contributed by atoms with van der Waals surface area (Å²) in [6.45, 7) is 6.17. The van der Waals surface area contributed by atoms with Crippen LogP contribution >= 0.6 is 0 Å². The molecule has 2 N–H and O–H groups in total. The molecule has 1 fully saturated rings. The van der Waals surface area contributed by atoms with Gasteiger partial charge in [0.1, 0.15) is 5.82 Å². The Balaban J connectivity index is 1.13. The van der Waals surface area contributed by atoms with Crippen molar-refractivity contribution in [3.05, 3.63) is 113 Å². The van der Waals surface area contributed by atoms with Crippen molar-refractivity contribution < 1.29 is 13.9 Å². The maximum absolute atomic E-state index is 13.5. The molecule has 0 unspecified atom stereocenters. The number of hydrazone groups is 1. The first kappa shape index (κ1) is 25.5. The maximum Gasteiger partial charge on any atom is 0.271 e. The fraction of sp³-hybridized carbons (Fsp3) is 0.312. The molecule has 7 heteroatoms. The highest BCUT2D eigenvalue weighted by molar-refractivity contribution is 6.01. The van der Waals surface area contributed by atoms with Crippen LogP contribution in [0.15, 0.2) is 84.0 Å². The van der Waals surface area contributed by atoms with Gasteiger partial charge in [0.2, 0.25) is 0 Å². The summed E-state index contributed by atoms with van der Waals surface area (Å²) in [6, 6.07) is 20.9. The molecule has 6 nitrogen and oxygen atoms in total. The quantitative estimate of drug-likeness (QED) is 0.249. The number of ether oxygens (including phenoxy) is 1. The Hall–Kier alpha value is -3.81. The SMILES string of the molecule is C/C(=N/NC(=O)c1ccc(CN2CCOCC2)cc1)c1ccc2c(c1)[C@@H]1C=CC[C@@H]1[C@H](c1ccc(F)cc1)N2. The maximum atomic E-state index is 13.5. The summed E-state index contributed by atoms with van der Waals surface area (Å²) >= 11 is 0. The third kappa shape index (κ3) is 5.51. The molecule has 3 aromatic rings. The van der Waals surface area contributed by atoms with E-state index in [0.717, 1.165) is 61.8 Å². The number of anilines is 1. The fourth-order valence-corrected chi connectivity index (χ4v) is 5.86. The molecule has 6 rings (SSSR count). The zero-order chi connectivity index (χ0) is 26.8. The van der Waals surface area contributed by atoms with Gasteiger partial charge in [-0.3, -0.25) is 9.69 Å². The molecular weight excluding hydrogens is 491 g/mol. The molecule has 0 spiro atoms. The summed E-state index contributed by atoms with van der Waals surface area (Å²) in [5.41, 5.74) is 9.59. The van der Waals surface area contributed by atoms with Gasteiger partial charge in [0.15, 0.2) is 0 Å². The average molecular weight is 525 g/mol. The van der Waals surface area contributed by atoms with E-state index < -0.39 is 0 Å². The molecule has 1 amide bonds. The molecule has 200 valence electrons. The number of nitrogens with zero attached hydrogens (tertiary/aromatic N) is 2. The first-order valence-electron chi connectivity index (χ1n) is 13.6. The van der Waals surface area contributed by atoms with Crippen LogP contribution in [0, 0.1) is 11.7 Å². The van der Waals surface area contributed by atoms with Gasteiger partial charge >= 0.3 is 0 Å². The van der Waals surface area contributed by atoms with Gasteiger partial charge in [0.25, 0.3) is 5.91 Å². The van der Waals surface area contributed by atoms with Crippen LogP contribution in [0.2, 0.25) is 0 Å². The number of hydrogen-bond acceptors (Lipinski definition) is 5. The number of carbonyl (C=O) groups excluding carboxylic acids is 1. The highest BCUT2D eigenvalue weighted by Crippen LogP contribution is 2.49. The largest absolute Gasteiger partial charge is 0.379 e. The van der Waals surface area contributed by atoms with Gasteiger partial charge in [0, 0.05) is 36.8 Å². The predicted octanol–water partition coefficient (Wildman–Crippen LogP) is 5.64. The van der Waals surface area contributed by atoms with E-state index in [1.165, 1.54) is 23.3 Å². The molecule has 1 aliphatic carbocycles. The van der Waals surface area contributed by atoms with Crippen LogP contribution < -0.4 is 10.7 Å². The first-order chi connectivity index (χ1) is 19.0. The molecule has 1 saturated heterocycles. The third-order valence-electron chi connectivity index (χ3n) is 8.06. The number of amides is 1. The zero-order valence-corrected chi connectivity index (χ0v) is 22.1. The highest BCUT2D eigenvalue weighted by atomic mass is 19.1. The number of carbonyl (C=O) groups is 1. The van der Waals surface area contributed by atoms with Crippen molar-refractivity contribution in [1.29, 1.82) is 0 Å². The number of morpholine rings is 1. The number of nitrogens with one attached hydrogen (secondary N) is 2. The number of allylic oxidation sites excluding steroid dienone is 2. The van der Waals surface area contributed by atoms with Crippen molar-refractivity contribution in [2.45, 2.75) is 31.8 Å². The second kappa shape index (κ2) is 11.1. The minimum atomic E-state index is -0.229. The summed E-state index contributed by atoms with van der Waals surface area (Å²) in [7, 11) is 0. The van der Waals surface area contributed by atoms with Gasteiger partial charge < -0.3 is 10.1 Å². The van der Waals surface area contributed by atoms with E-state index in [0.29, 0.717) is 11.5 Å². The van der Waals surface area contributed by atoms with Gasteiger partial charge in [-0.1, -0.05) is 42.5 Å². The summed E-state index contributed by atoms with van der Waals surface area (Å²) in [4.78, 5) is 15.1. The lowest BCUT2D eigenvalue weighted by Gasteiger charge is -2.37. The van der Waals surface area contributed by atoms with Crippen molar-refractivity contribution in [3.8, 4) is 0 Å². The van der Waals surface area contributed by atoms with E-state index in [9.17, 15) is 9.18 Å². The Morgan fingerprint density at radius 1 is 1.05 bits per heavy atom. The highest BCUT2D eigenvalue weighted by Gasteiger charge is 2.38. The molecule has 2 aliphatic heterocycles. The second-order valence-corrected chi connectivity index (χ2v) is 10.6. The first-order valence-corrected chi connectivity index (χ1v) is 13.6. The van der Waals surface area contributed by atoms with Crippen LogP contribution in [0.1, 0.15) is 57.9 Å². The lowest BCUT2D eigenvalue weighted by Crippen LogP contribution is -2.35. The Labute approximate surface area is 228 Å². The Kier molecular flexibility index (Phi) is 7.26. The Bertz CT molecular complexity index is 1390. The third-order valence-corrected chi connectivity index (χ3v) is 8.06. The number of rotatable bonds is 6.